The molecule has 12 heteroatoms. The number of primary amides is 1. The van der Waals surface area contributed by atoms with Crippen LogP contribution >= 0.6 is 0 Å². The lowest BCUT2D eigenvalue weighted by atomic mass is 9.57. The molecule has 4 atom stereocenters. The third-order valence-corrected chi connectivity index (χ3v) is 7.58. The number of aliphatic hydroxyl groups excluding tert-OH is 2. The number of nitrogens with one attached hydrogen (secondary N) is 2. The Bertz CT molecular complexity index is 1300. The molecule has 0 spiro atoms. The summed E-state index contributed by atoms with van der Waals surface area (Å²) in [5.41, 5.74) is 1.94. The molecule has 2 amide bonds. The Morgan fingerprint density at radius 1 is 1.18 bits per heavy atom. The first kappa shape index (κ1) is 27.3. The van der Waals surface area contributed by atoms with Gasteiger partial charge >= 0.3 is 0 Å². The smallest absolute Gasteiger partial charge is 0.255 e. The zero-order valence-corrected chi connectivity index (χ0v) is 21.4. The van der Waals surface area contributed by atoms with Crippen LogP contribution in [0.1, 0.15) is 30.9 Å². The Hall–Kier alpha value is -3.74. The van der Waals surface area contributed by atoms with Crippen LogP contribution in [0.25, 0.3) is 5.76 Å². The van der Waals surface area contributed by atoms with Gasteiger partial charge in [-0.25, -0.2) is 0 Å². The van der Waals surface area contributed by atoms with E-state index in [0.29, 0.717) is 12.1 Å². The highest BCUT2D eigenvalue weighted by Gasteiger charge is 2.64. The molecule has 0 heterocycles. The average Bonchev–Trinajstić information content (AvgIpc) is 2.83. The molecular formula is C26H32N4O8. The van der Waals surface area contributed by atoms with E-state index in [-0.39, 0.29) is 36.2 Å². The predicted molar refractivity (Wildman–Crippen MR) is 136 cm³/mol. The van der Waals surface area contributed by atoms with E-state index in [4.69, 9.17) is 5.73 Å². The number of rotatable bonds is 7. The molecule has 3 aliphatic rings. The molecule has 204 valence electrons. The molecule has 2 unspecified atom stereocenters. The van der Waals surface area contributed by atoms with Crippen molar-refractivity contribution in [2.45, 2.75) is 37.8 Å². The van der Waals surface area contributed by atoms with E-state index in [9.17, 15) is 39.6 Å². The molecule has 4 rings (SSSR count). The van der Waals surface area contributed by atoms with Crippen LogP contribution in [0.5, 0.6) is 5.75 Å². The molecule has 1 aromatic rings. The molecule has 0 aliphatic heterocycles. The van der Waals surface area contributed by atoms with Crippen molar-refractivity contribution in [3.8, 4) is 5.75 Å². The van der Waals surface area contributed by atoms with Crippen molar-refractivity contribution >= 4 is 34.8 Å². The molecule has 0 aromatic heterocycles. The Labute approximate surface area is 218 Å². The first-order valence-electron chi connectivity index (χ1n) is 12.4. The topological polar surface area (TPSA) is 203 Å². The molecule has 0 saturated heterocycles. The van der Waals surface area contributed by atoms with Gasteiger partial charge in [0.05, 0.1) is 23.8 Å². The molecular weight excluding hydrogens is 496 g/mol. The van der Waals surface area contributed by atoms with Gasteiger partial charge in [0.1, 0.15) is 22.8 Å². The summed E-state index contributed by atoms with van der Waals surface area (Å²) in [4.78, 5) is 52.6. The Morgan fingerprint density at radius 2 is 1.87 bits per heavy atom. The van der Waals surface area contributed by atoms with E-state index in [1.54, 1.807) is 20.2 Å². The number of Topliss-reactive ketones (excluding diaryl/α,β-unsaturated/α-hetero) is 2. The number of benzene rings is 1. The number of likely N-dealkylation sites (N-methyl/N-ethyl adjacent to an activating group) is 1. The fraction of sp³-hybridized carbons (Fsp3) is 0.462. The van der Waals surface area contributed by atoms with E-state index >= 15 is 0 Å². The number of phenolic OH excluding ortho intramolecular Hbond substituents is 1. The third kappa shape index (κ3) is 4.05. The zero-order chi connectivity index (χ0) is 28.1. The molecule has 38 heavy (non-hydrogen) atoms. The number of aromatic hydroxyl groups is 1. The summed E-state index contributed by atoms with van der Waals surface area (Å²) in [6.07, 6.45) is 1.01. The minimum Gasteiger partial charge on any atom is -0.508 e. The number of nitrogens with zero attached hydrogens (tertiary/aromatic N) is 1. The van der Waals surface area contributed by atoms with Gasteiger partial charge in [-0.3, -0.25) is 24.1 Å². The number of phenols is 1. The first-order chi connectivity index (χ1) is 17.9. The summed E-state index contributed by atoms with van der Waals surface area (Å²) in [5, 5.41) is 50.1. The standard InChI is InChI=1S/C26H32N4O8/c1-4-7-28-10-15(31)29-14-6-5-11-8-12-9-13-19(30(2)3)22(34)18(25(27)37)24(36)26(13,38)23(35)17(12)21(33)16(11)20(14)32/h5-6,12-13,19,28,32-33,36,38H,4,7-10H2,1-3H3,(H2,27,37)(H,29,31)/t12?,13?,19-,26-/m0/s1. The zero-order valence-electron chi connectivity index (χ0n) is 21.4. The van der Waals surface area contributed by atoms with Crippen molar-refractivity contribution in [1.82, 2.24) is 10.2 Å². The highest BCUT2D eigenvalue weighted by Crippen LogP contribution is 2.53. The fourth-order valence-electron chi connectivity index (χ4n) is 5.89. The van der Waals surface area contributed by atoms with Crippen molar-refractivity contribution < 1.29 is 39.6 Å². The monoisotopic (exact) mass is 528 g/mol. The summed E-state index contributed by atoms with van der Waals surface area (Å²) < 4.78 is 0. The number of nitrogens with two attached hydrogens (primary N) is 1. The maximum atomic E-state index is 13.8. The number of ketones is 2. The maximum Gasteiger partial charge on any atom is 0.255 e. The van der Waals surface area contributed by atoms with Crippen LogP contribution in [0.4, 0.5) is 5.69 Å². The second kappa shape index (κ2) is 9.86. The van der Waals surface area contributed by atoms with Crippen molar-refractivity contribution in [2.24, 2.45) is 17.6 Å². The van der Waals surface area contributed by atoms with Crippen LogP contribution in [0.3, 0.4) is 0 Å². The molecule has 3 aliphatic carbocycles. The van der Waals surface area contributed by atoms with E-state index in [0.717, 1.165) is 6.42 Å². The number of aliphatic hydroxyl groups is 3. The number of amides is 2. The lowest BCUT2D eigenvalue weighted by Gasteiger charge is -2.50. The van der Waals surface area contributed by atoms with Gasteiger partial charge in [-0.2, -0.15) is 0 Å². The van der Waals surface area contributed by atoms with Gasteiger partial charge in [0, 0.05) is 11.5 Å². The van der Waals surface area contributed by atoms with Gasteiger partial charge < -0.3 is 36.8 Å². The number of hydrogen-bond acceptors (Lipinski definition) is 10. The van der Waals surface area contributed by atoms with E-state index < -0.39 is 69.7 Å². The number of carbonyl (C=O) groups excluding carboxylic acids is 4. The van der Waals surface area contributed by atoms with Gasteiger partial charge in [-0.15, -0.1) is 0 Å². The Balaban J connectivity index is 1.80. The normalized spacial score (nSPS) is 26.7. The second-order valence-corrected chi connectivity index (χ2v) is 10.2. The third-order valence-electron chi connectivity index (χ3n) is 7.58. The van der Waals surface area contributed by atoms with Crippen LogP contribution < -0.4 is 16.4 Å². The predicted octanol–water partition coefficient (Wildman–Crippen LogP) is -0.0979. The number of anilines is 1. The van der Waals surface area contributed by atoms with Gasteiger partial charge in [-0.1, -0.05) is 13.0 Å². The quantitative estimate of drug-likeness (QED) is 0.142. The molecule has 1 saturated carbocycles. The summed E-state index contributed by atoms with van der Waals surface area (Å²) in [6.45, 7) is 2.58. The van der Waals surface area contributed by atoms with Gasteiger partial charge in [-0.05, 0) is 57.5 Å². The summed E-state index contributed by atoms with van der Waals surface area (Å²) >= 11 is 0. The fourth-order valence-corrected chi connectivity index (χ4v) is 5.89. The largest absolute Gasteiger partial charge is 0.508 e. The summed E-state index contributed by atoms with van der Waals surface area (Å²) in [7, 11) is 3.08. The van der Waals surface area contributed by atoms with Crippen molar-refractivity contribution in [1.29, 1.82) is 0 Å². The van der Waals surface area contributed by atoms with Gasteiger partial charge in [0.15, 0.2) is 11.4 Å². The van der Waals surface area contributed by atoms with E-state index in [2.05, 4.69) is 10.6 Å². The molecule has 8 N–H and O–H groups in total. The lowest BCUT2D eigenvalue weighted by Crippen LogP contribution is -2.65. The van der Waals surface area contributed by atoms with Crippen molar-refractivity contribution in [2.75, 3.05) is 32.5 Å². The van der Waals surface area contributed by atoms with Gasteiger partial charge in [0.25, 0.3) is 5.91 Å². The Morgan fingerprint density at radius 3 is 2.47 bits per heavy atom. The average molecular weight is 529 g/mol. The minimum atomic E-state index is -2.70. The second-order valence-electron chi connectivity index (χ2n) is 10.2. The number of carbonyl (C=O) groups is 4. The lowest BCUT2D eigenvalue weighted by molar-refractivity contribution is -0.153. The van der Waals surface area contributed by atoms with Crippen LogP contribution in [0.2, 0.25) is 0 Å². The van der Waals surface area contributed by atoms with Crippen LogP contribution in [-0.2, 0) is 25.6 Å². The van der Waals surface area contributed by atoms with Crippen LogP contribution in [0.15, 0.2) is 29.0 Å². The Kier molecular flexibility index (Phi) is 7.08. The molecule has 1 aromatic carbocycles. The van der Waals surface area contributed by atoms with Crippen LogP contribution in [-0.4, -0.2) is 87.5 Å². The SMILES string of the molecule is CCCNCC(=O)Nc1ccc2c(c1O)C(O)=C1C(=O)[C@]3(O)C(O)=C(C(N)=O)C(=O)[C@@H](N(C)C)C3CC1C2. The van der Waals surface area contributed by atoms with E-state index in [1.165, 1.54) is 11.0 Å². The minimum absolute atomic E-state index is 0.00594. The summed E-state index contributed by atoms with van der Waals surface area (Å²) in [5.74, 6) is -7.61. The van der Waals surface area contributed by atoms with E-state index in [1.807, 2.05) is 6.92 Å². The summed E-state index contributed by atoms with van der Waals surface area (Å²) in [6, 6.07) is 1.96. The van der Waals surface area contributed by atoms with Crippen molar-refractivity contribution in [3.63, 3.8) is 0 Å². The molecule has 0 bridgehead atoms. The first-order valence-corrected chi connectivity index (χ1v) is 12.4. The number of hydrogen-bond donors (Lipinski definition) is 7. The maximum absolute atomic E-state index is 13.8. The van der Waals surface area contributed by atoms with Crippen LogP contribution in [0, 0.1) is 11.8 Å². The van der Waals surface area contributed by atoms with Crippen molar-refractivity contribution in [3.05, 3.63) is 40.2 Å². The molecule has 0 radical (unpaired) electrons. The highest BCUT2D eigenvalue weighted by molar-refractivity contribution is 6.24. The molecule has 1 fully saturated rings. The molecule has 12 nitrogen and oxygen atoms in total. The van der Waals surface area contributed by atoms with Gasteiger partial charge in [0.2, 0.25) is 11.7 Å². The number of fused-ring (bicyclic) bond motifs is 3. The highest BCUT2D eigenvalue weighted by atomic mass is 16.3.